The molecule has 14 heavy (non-hydrogen) atoms. The highest BCUT2D eigenvalue weighted by Crippen LogP contribution is 2.21. The largest absolute Gasteiger partial charge is 0.469 e. The van der Waals surface area contributed by atoms with Crippen LogP contribution in [0, 0.1) is 0 Å². The van der Waals surface area contributed by atoms with Crippen LogP contribution in [0.4, 0.5) is 0 Å². The molecule has 0 spiro atoms. The molecule has 4 nitrogen and oxygen atoms in total. The Bertz CT molecular complexity index is 330. The van der Waals surface area contributed by atoms with E-state index < -0.39 is 0 Å². The number of aromatic nitrogens is 1. The van der Waals surface area contributed by atoms with Gasteiger partial charge < -0.3 is 10.5 Å². The number of hydrogen-bond donors (Lipinski definition) is 1. The van der Waals surface area contributed by atoms with Gasteiger partial charge in [-0.3, -0.25) is 4.79 Å². The summed E-state index contributed by atoms with van der Waals surface area (Å²) in [4.78, 5) is 15.0. The third-order valence-electron chi connectivity index (χ3n) is 1.80. The second-order valence-corrected chi connectivity index (χ2v) is 3.52. The predicted octanol–water partition coefficient (Wildman–Crippen LogP) is 1.41. The zero-order chi connectivity index (χ0) is 10.6. The number of nitrogens with two attached hydrogens (primary N) is 1. The Morgan fingerprint density at radius 1 is 1.79 bits per heavy atom. The first kappa shape index (κ1) is 11.1. The first-order chi connectivity index (χ1) is 6.65. The van der Waals surface area contributed by atoms with Crippen LogP contribution in [0.15, 0.2) is 22.9 Å². The van der Waals surface area contributed by atoms with Gasteiger partial charge in [-0.1, -0.05) is 6.07 Å². The quantitative estimate of drug-likeness (QED) is 0.658. The Morgan fingerprint density at radius 2 is 2.50 bits per heavy atom. The van der Waals surface area contributed by atoms with Crippen molar-refractivity contribution in [2.75, 3.05) is 7.11 Å². The first-order valence-electron chi connectivity index (χ1n) is 4.08. The summed E-state index contributed by atoms with van der Waals surface area (Å²) in [5.41, 5.74) is 6.61. The zero-order valence-corrected chi connectivity index (χ0v) is 9.32. The standard InChI is InChI=1S/C9H11BrN2O2/c1-14-8(13)5-7(11)6-3-2-4-12-9(6)10/h2-4,7H,5,11H2,1H3/t7-/m0/s1. The normalized spacial score (nSPS) is 12.2. The second-order valence-electron chi connectivity index (χ2n) is 2.77. The lowest BCUT2D eigenvalue weighted by molar-refractivity contribution is -0.141. The fourth-order valence-corrected chi connectivity index (χ4v) is 1.59. The summed E-state index contributed by atoms with van der Waals surface area (Å²) in [5, 5.41) is 0. The van der Waals surface area contributed by atoms with Gasteiger partial charge in [-0.15, -0.1) is 0 Å². The van der Waals surface area contributed by atoms with Crippen LogP contribution >= 0.6 is 15.9 Å². The summed E-state index contributed by atoms with van der Waals surface area (Å²) < 4.78 is 5.19. The average molecular weight is 259 g/mol. The van der Waals surface area contributed by atoms with Gasteiger partial charge in [0.05, 0.1) is 13.5 Å². The molecule has 0 aromatic carbocycles. The maximum absolute atomic E-state index is 11.0. The fourth-order valence-electron chi connectivity index (χ4n) is 1.05. The van der Waals surface area contributed by atoms with E-state index in [4.69, 9.17) is 5.73 Å². The molecule has 0 saturated carbocycles. The minimum atomic E-state index is -0.384. The van der Waals surface area contributed by atoms with Crippen LogP contribution in [0.3, 0.4) is 0 Å². The Labute approximate surface area is 90.6 Å². The van der Waals surface area contributed by atoms with E-state index >= 15 is 0 Å². The first-order valence-corrected chi connectivity index (χ1v) is 4.87. The van der Waals surface area contributed by atoms with Gasteiger partial charge >= 0.3 is 5.97 Å². The zero-order valence-electron chi connectivity index (χ0n) is 7.74. The second kappa shape index (κ2) is 5.07. The molecule has 0 aliphatic carbocycles. The highest BCUT2D eigenvalue weighted by atomic mass is 79.9. The van der Waals surface area contributed by atoms with Crippen molar-refractivity contribution in [3.63, 3.8) is 0 Å². The van der Waals surface area contributed by atoms with Crippen molar-refractivity contribution in [2.45, 2.75) is 12.5 Å². The molecule has 0 unspecified atom stereocenters. The predicted molar refractivity (Wildman–Crippen MR) is 55.5 cm³/mol. The maximum Gasteiger partial charge on any atom is 0.307 e. The molecule has 1 aromatic rings. The molecule has 0 aliphatic heterocycles. The minimum absolute atomic E-state index is 0.154. The van der Waals surface area contributed by atoms with Crippen molar-refractivity contribution in [2.24, 2.45) is 5.73 Å². The Hall–Kier alpha value is -0.940. The molecule has 0 bridgehead atoms. The van der Waals surface area contributed by atoms with Gasteiger partial charge in [0.25, 0.3) is 0 Å². The van der Waals surface area contributed by atoms with Gasteiger partial charge in [0.2, 0.25) is 0 Å². The Kier molecular flexibility index (Phi) is 4.03. The lowest BCUT2D eigenvalue weighted by Gasteiger charge is -2.11. The van der Waals surface area contributed by atoms with E-state index in [9.17, 15) is 4.79 Å². The molecule has 0 saturated heterocycles. The van der Waals surface area contributed by atoms with E-state index in [0.717, 1.165) is 5.56 Å². The number of carbonyl (C=O) groups is 1. The molecule has 0 aliphatic rings. The van der Waals surface area contributed by atoms with Crippen molar-refractivity contribution in [3.8, 4) is 0 Å². The van der Waals surface area contributed by atoms with E-state index in [1.165, 1.54) is 7.11 Å². The van der Waals surface area contributed by atoms with E-state index in [1.54, 1.807) is 12.3 Å². The Morgan fingerprint density at radius 3 is 3.07 bits per heavy atom. The van der Waals surface area contributed by atoms with Gasteiger partial charge in [-0.25, -0.2) is 4.98 Å². The van der Waals surface area contributed by atoms with E-state index in [2.05, 4.69) is 25.7 Å². The monoisotopic (exact) mass is 258 g/mol. The van der Waals surface area contributed by atoms with Gasteiger partial charge in [0.15, 0.2) is 0 Å². The van der Waals surface area contributed by atoms with Crippen LogP contribution in [0.25, 0.3) is 0 Å². The average Bonchev–Trinajstić information content (AvgIpc) is 2.18. The SMILES string of the molecule is COC(=O)C[C@H](N)c1cccnc1Br. The molecule has 1 atom stereocenters. The summed E-state index contributed by atoms with van der Waals surface area (Å²) in [7, 11) is 1.34. The smallest absolute Gasteiger partial charge is 0.307 e. The highest BCUT2D eigenvalue weighted by Gasteiger charge is 2.14. The number of halogens is 1. The summed E-state index contributed by atoms with van der Waals surface area (Å²) >= 11 is 3.27. The molecule has 0 fully saturated rings. The summed E-state index contributed by atoms with van der Waals surface area (Å²) in [6.07, 6.45) is 1.80. The van der Waals surface area contributed by atoms with Crippen molar-refractivity contribution >= 4 is 21.9 Å². The van der Waals surface area contributed by atoms with E-state index in [-0.39, 0.29) is 18.4 Å². The minimum Gasteiger partial charge on any atom is -0.469 e. The fraction of sp³-hybridized carbons (Fsp3) is 0.333. The number of esters is 1. The number of ether oxygens (including phenoxy) is 1. The molecular formula is C9H11BrN2O2. The molecule has 76 valence electrons. The van der Waals surface area contributed by atoms with Crippen molar-refractivity contribution in [3.05, 3.63) is 28.5 Å². The summed E-state index contributed by atoms with van der Waals surface area (Å²) in [5.74, 6) is -0.326. The van der Waals surface area contributed by atoms with Gasteiger partial charge in [-0.05, 0) is 22.0 Å². The number of carbonyl (C=O) groups excluding carboxylic acids is 1. The Balaban J connectivity index is 2.74. The highest BCUT2D eigenvalue weighted by molar-refractivity contribution is 9.10. The van der Waals surface area contributed by atoms with E-state index in [1.807, 2.05) is 6.07 Å². The van der Waals surface area contributed by atoms with Gasteiger partial charge in [0.1, 0.15) is 4.60 Å². The molecule has 0 amide bonds. The number of methoxy groups -OCH3 is 1. The molecular weight excluding hydrogens is 248 g/mol. The molecule has 0 radical (unpaired) electrons. The van der Waals surface area contributed by atoms with E-state index in [0.29, 0.717) is 4.60 Å². The molecule has 1 aromatic heterocycles. The number of hydrogen-bond acceptors (Lipinski definition) is 4. The van der Waals surface area contributed by atoms with Crippen LogP contribution in [0.5, 0.6) is 0 Å². The number of pyridine rings is 1. The summed E-state index contributed by atoms with van der Waals surface area (Å²) in [6.45, 7) is 0. The molecule has 5 heteroatoms. The third kappa shape index (κ3) is 2.78. The van der Waals surface area contributed by atoms with Crippen molar-refractivity contribution < 1.29 is 9.53 Å². The van der Waals surface area contributed by atoms with Crippen LogP contribution < -0.4 is 5.73 Å². The van der Waals surface area contributed by atoms with Gasteiger partial charge in [-0.2, -0.15) is 0 Å². The van der Waals surface area contributed by atoms with Gasteiger partial charge in [0, 0.05) is 17.8 Å². The van der Waals surface area contributed by atoms with Crippen LogP contribution in [0.2, 0.25) is 0 Å². The molecule has 1 heterocycles. The topological polar surface area (TPSA) is 65.2 Å². The van der Waals surface area contributed by atoms with Crippen LogP contribution in [-0.4, -0.2) is 18.1 Å². The van der Waals surface area contributed by atoms with Crippen LogP contribution in [0.1, 0.15) is 18.0 Å². The third-order valence-corrected chi connectivity index (χ3v) is 2.46. The number of nitrogens with zero attached hydrogens (tertiary/aromatic N) is 1. The molecule has 1 rings (SSSR count). The lowest BCUT2D eigenvalue weighted by Crippen LogP contribution is -2.17. The maximum atomic E-state index is 11.0. The van der Waals surface area contributed by atoms with Crippen molar-refractivity contribution in [1.29, 1.82) is 0 Å². The number of rotatable bonds is 3. The lowest BCUT2D eigenvalue weighted by atomic mass is 10.1. The molecule has 2 N–H and O–H groups in total. The van der Waals surface area contributed by atoms with Crippen LogP contribution in [-0.2, 0) is 9.53 Å². The summed E-state index contributed by atoms with van der Waals surface area (Å²) in [6, 6.07) is 3.22. The van der Waals surface area contributed by atoms with Crippen molar-refractivity contribution in [1.82, 2.24) is 4.98 Å².